The first kappa shape index (κ1) is 16.9. The molecule has 1 rings (SSSR count). The van der Waals surface area contributed by atoms with E-state index in [1.807, 2.05) is 38.2 Å². The highest BCUT2D eigenvalue weighted by molar-refractivity contribution is 7.88. The van der Waals surface area contributed by atoms with Crippen molar-refractivity contribution in [3.63, 3.8) is 0 Å². The van der Waals surface area contributed by atoms with Crippen LogP contribution in [-0.4, -0.2) is 32.9 Å². The molecule has 1 N–H and O–H groups in total. The van der Waals surface area contributed by atoms with Crippen LogP contribution in [0, 0.1) is 0 Å². The molecule has 4 nitrogen and oxygen atoms in total. The molecule has 0 unspecified atom stereocenters. The first-order valence-electron chi connectivity index (χ1n) is 6.84. The van der Waals surface area contributed by atoms with Gasteiger partial charge in [-0.3, -0.25) is 0 Å². The van der Waals surface area contributed by atoms with Gasteiger partial charge in [-0.2, -0.15) is 4.31 Å². The van der Waals surface area contributed by atoms with Crippen LogP contribution in [0.3, 0.4) is 0 Å². The zero-order valence-electron chi connectivity index (χ0n) is 12.3. The van der Waals surface area contributed by atoms with Crippen LogP contribution in [-0.2, 0) is 22.3 Å². The van der Waals surface area contributed by atoms with Crippen molar-refractivity contribution in [3.05, 3.63) is 48.0 Å². The molecule has 1 aromatic rings. The van der Waals surface area contributed by atoms with Crippen LogP contribution in [0.25, 0.3) is 0 Å². The summed E-state index contributed by atoms with van der Waals surface area (Å²) >= 11 is 0. The topological polar surface area (TPSA) is 49.4 Å². The summed E-state index contributed by atoms with van der Waals surface area (Å²) in [5.74, 6) is 0.0423. The Labute approximate surface area is 122 Å². The maximum absolute atomic E-state index is 12.4. The lowest BCUT2D eigenvalue weighted by Gasteiger charge is -2.20. The average Bonchev–Trinajstić information content (AvgIpc) is 2.41. The number of rotatable bonds is 9. The standard InChI is InChI=1S/C15H24N2O2S/c1-4-10-17(11-5-2)20(18,19)13-15-8-6-14(7-9-15)12-16-3/h4,6-9,16H,1,5,10-13H2,2-3H3. The van der Waals surface area contributed by atoms with Crippen molar-refractivity contribution in [1.82, 2.24) is 9.62 Å². The molecule has 0 saturated carbocycles. The summed E-state index contributed by atoms with van der Waals surface area (Å²) in [6.45, 7) is 7.28. The van der Waals surface area contributed by atoms with Gasteiger partial charge in [-0.1, -0.05) is 37.3 Å². The Hall–Kier alpha value is -1.17. The molecule has 1 aromatic carbocycles. The molecule has 0 aliphatic heterocycles. The number of nitrogens with one attached hydrogen (secondary N) is 1. The maximum atomic E-state index is 12.4. The third-order valence-electron chi connectivity index (χ3n) is 2.95. The summed E-state index contributed by atoms with van der Waals surface area (Å²) < 4.78 is 26.2. The van der Waals surface area contributed by atoms with Crippen molar-refractivity contribution in [2.45, 2.75) is 25.6 Å². The largest absolute Gasteiger partial charge is 0.316 e. The van der Waals surface area contributed by atoms with Gasteiger partial charge in [0.05, 0.1) is 5.75 Å². The normalized spacial score (nSPS) is 11.8. The van der Waals surface area contributed by atoms with Gasteiger partial charge < -0.3 is 5.32 Å². The molecule has 5 heteroatoms. The van der Waals surface area contributed by atoms with Crippen molar-refractivity contribution in [3.8, 4) is 0 Å². The SMILES string of the molecule is C=CCN(CCC)S(=O)(=O)Cc1ccc(CNC)cc1. The molecule has 0 aromatic heterocycles. The van der Waals surface area contributed by atoms with Crippen LogP contribution < -0.4 is 5.32 Å². The predicted molar refractivity (Wildman–Crippen MR) is 83.9 cm³/mol. The van der Waals surface area contributed by atoms with Crippen LogP contribution in [0.4, 0.5) is 0 Å². The summed E-state index contributed by atoms with van der Waals surface area (Å²) in [5, 5.41) is 3.07. The van der Waals surface area contributed by atoms with E-state index in [4.69, 9.17) is 0 Å². The van der Waals surface area contributed by atoms with E-state index in [2.05, 4.69) is 11.9 Å². The lowest BCUT2D eigenvalue weighted by molar-refractivity contribution is 0.441. The second-order valence-electron chi connectivity index (χ2n) is 4.75. The number of benzene rings is 1. The van der Waals surface area contributed by atoms with Crippen LogP contribution in [0.1, 0.15) is 24.5 Å². The zero-order chi connectivity index (χ0) is 15.0. The molecule has 0 radical (unpaired) electrons. The summed E-state index contributed by atoms with van der Waals surface area (Å²) in [6, 6.07) is 7.67. The fourth-order valence-electron chi connectivity index (χ4n) is 2.00. The Balaban J connectivity index is 2.80. The first-order chi connectivity index (χ1) is 9.53. The molecule has 20 heavy (non-hydrogen) atoms. The third kappa shape index (κ3) is 5.07. The van der Waals surface area contributed by atoms with Crippen molar-refractivity contribution < 1.29 is 8.42 Å². The van der Waals surface area contributed by atoms with Gasteiger partial charge >= 0.3 is 0 Å². The summed E-state index contributed by atoms with van der Waals surface area (Å²) in [6.07, 6.45) is 2.43. The molecule has 0 aliphatic rings. The Morgan fingerprint density at radius 2 is 1.85 bits per heavy atom. The van der Waals surface area contributed by atoms with E-state index in [-0.39, 0.29) is 5.75 Å². The van der Waals surface area contributed by atoms with Crippen molar-refractivity contribution in [2.75, 3.05) is 20.1 Å². The summed E-state index contributed by atoms with van der Waals surface area (Å²) in [4.78, 5) is 0. The molecule has 0 heterocycles. The average molecular weight is 296 g/mol. The lowest BCUT2D eigenvalue weighted by atomic mass is 10.1. The highest BCUT2D eigenvalue weighted by Gasteiger charge is 2.20. The minimum absolute atomic E-state index is 0.0423. The lowest BCUT2D eigenvalue weighted by Crippen LogP contribution is -2.33. The number of sulfonamides is 1. The van der Waals surface area contributed by atoms with Crippen molar-refractivity contribution in [1.29, 1.82) is 0 Å². The molecule has 0 atom stereocenters. The van der Waals surface area contributed by atoms with Gasteiger partial charge in [0.25, 0.3) is 0 Å². The van der Waals surface area contributed by atoms with Crippen LogP contribution in [0.5, 0.6) is 0 Å². The third-order valence-corrected chi connectivity index (χ3v) is 4.77. The van der Waals surface area contributed by atoms with E-state index in [1.54, 1.807) is 6.08 Å². The van der Waals surface area contributed by atoms with Gasteiger partial charge in [-0.15, -0.1) is 6.58 Å². The Bertz CT molecular complexity index is 509. The first-order valence-corrected chi connectivity index (χ1v) is 8.45. The monoisotopic (exact) mass is 296 g/mol. The van der Waals surface area contributed by atoms with E-state index in [1.165, 1.54) is 4.31 Å². The van der Waals surface area contributed by atoms with Crippen LogP contribution in [0.2, 0.25) is 0 Å². The molecule has 0 bridgehead atoms. The number of hydrogen-bond acceptors (Lipinski definition) is 3. The molecule has 0 aliphatic carbocycles. The summed E-state index contributed by atoms with van der Waals surface area (Å²) in [7, 11) is -1.39. The van der Waals surface area contributed by atoms with Crippen LogP contribution in [0.15, 0.2) is 36.9 Å². The van der Waals surface area contributed by atoms with Gasteiger partial charge in [-0.25, -0.2) is 8.42 Å². The molecule has 0 fully saturated rings. The van der Waals surface area contributed by atoms with Gasteiger partial charge in [0.2, 0.25) is 10.0 Å². The molecular weight excluding hydrogens is 272 g/mol. The number of nitrogens with zero attached hydrogens (tertiary/aromatic N) is 1. The van der Waals surface area contributed by atoms with Crippen molar-refractivity contribution >= 4 is 10.0 Å². The van der Waals surface area contributed by atoms with Crippen molar-refractivity contribution in [2.24, 2.45) is 0 Å². The molecule has 0 amide bonds. The minimum Gasteiger partial charge on any atom is -0.316 e. The smallest absolute Gasteiger partial charge is 0.218 e. The van der Waals surface area contributed by atoms with E-state index < -0.39 is 10.0 Å². The fourth-order valence-corrected chi connectivity index (χ4v) is 3.59. The van der Waals surface area contributed by atoms with Gasteiger partial charge in [0.1, 0.15) is 0 Å². The molecular formula is C15H24N2O2S. The highest BCUT2D eigenvalue weighted by Crippen LogP contribution is 2.13. The fraction of sp³-hybridized carbons (Fsp3) is 0.467. The van der Waals surface area contributed by atoms with E-state index in [0.29, 0.717) is 13.1 Å². The minimum atomic E-state index is -3.28. The number of hydrogen-bond donors (Lipinski definition) is 1. The van der Waals surface area contributed by atoms with E-state index in [9.17, 15) is 8.42 Å². The Morgan fingerprint density at radius 1 is 1.25 bits per heavy atom. The van der Waals surface area contributed by atoms with Gasteiger partial charge in [0, 0.05) is 19.6 Å². The van der Waals surface area contributed by atoms with Gasteiger partial charge in [0.15, 0.2) is 0 Å². The molecule has 0 saturated heterocycles. The quantitative estimate of drug-likeness (QED) is 0.710. The van der Waals surface area contributed by atoms with Crippen LogP contribution >= 0.6 is 0 Å². The summed E-state index contributed by atoms with van der Waals surface area (Å²) in [5.41, 5.74) is 1.96. The second kappa shape index (κ2) is 8.19. The maximum Gasteiger partial charge on any atom is 0.218 e. The predicted octanol–water partition coefficient (Wildman–Crippen LogP) is 2.13. The second-order valence-corrected chi connectivity index (χ2v) is 6.72. The van der Waals surface area contributed by atoms with E-state index >= 15 is 0 Å². The molecule has 112 valence electrons. The highest BCUT2D eigenvalue weighted by atomic mass is 32.2. The van der Waals surface area contributed by atoms with Gasteiger partial charge in [-0.05, 0) is 24.6 Å². The Kier molecular flexibility index (Phi) is 6.91. The zero-order valence-corrected chi connectivity index (χ0v) is 13.1. The Morgan fingerprint density at radius 3 is 2.35 bits per heavy atom. The van der Waals surface area contributed by atoms with E-state index in [0.717, 1.165) is 24.1 Å². The molecule has 0 spiro atoms.